The van der Waals surface area contributed by atoms with Gasteiger partial charge in [-0.1, -0.05) is 24.3 Å². The second-order valence-corrected chi connectivity index (χ2v) is 5.63. The van der Waals surface area contributed by atoms with Crippen molar-refractivity contribution in [1.29, 1.82) is 0 Å². The number of para-hydroxylation sites is 2. The normalized spacial score (nSPS) is 10.2. The maximum absolute atomic E-state index is 13.5. The molecule has 2 aromatic rings. The minimum absolute atomic E-state index is 0.0821. The molecule has 0 heterocycles. The van der Waals surface area contributed by atoms with Crippen molar-refractivity contribution < 1.29 is 14.0 Å². The summed E-state index contributed by atoms with van der Waals surface area (Å²) < 4.78 is 13.5. The molecule has 0 aromatic heterocycles. The number of aryl methyl sites for hydroxylation is 1. The van der Waals surface area contributed by atoms with E-state index in [0.717, 1.165) is 5.69 Å². The number of nitrogens with zero attached hydrogens (tertiary/aromatic N) is 1. The molecule has 2 aromatic carbocycles. The highest BCUT2D eigenvalue weighted by Crippen LogP contribution is 2.23. The van der Waals surface area contributed by atoms with E-state index in [2.05, 4.69) is 10.6 Å². The summed E-state index contributed by atoms with van der Waals surface area (Å²) in [5.74, 6) is -1.88. The summed E-state index contributed by atoms with van der Waals surface area (Å²) in [7, 11) is 3.69. The zero-order chi connectivity index (χ0) is 17.7. The Balaban J connectivity index is 1.98. The molecule has 0 saturated heterocycles. The van der Waals surface area contributed by atoms with Crippen LogP contribution >= 0.6 is 0 Å². The number of rotatable bonds is 4. The van der Waals surface area contributed by atoms with Crippen LogP contribution in [-0.4, -0.2) is 25.9 Å². The Kier molecular flexibility index (Phi) is 5.52. The van der Waals surface area contributed by atoms with Crippen molar-refractivity contribution >= 4 is 23.2 Å². The molecule has 2 amide bonds. The third-order valence-corrected chi connectivity index (χ3v) is 3.53. The predicted octanol–water partition coefficient (Wildman–Crippen LogP) is 2.46. The Bertz CT molecular complexity index is 760. The molecule has 0 aliphatic rings. The van der Waals surface area contributed by atoms with Crippen LogP contribution in [-0.2, 0) is 16.1 Å². The van der Waals surface area contributed by atoms with Gasteiger partial charge in [-0.2, -0.15) is 0 Å². The Morgan fingerprint density at radius 2 is 1.79 bits per heavy atom. The highest BCUT2D eigenvalue weighted by molar-refractivity contribution is 6.39. The maximum Gasteiger partial charge on any atom is 0.313 e. The van der Waals surface area contributed by atoms with Gasteiger partial charge >= 0.3 is 11.8 Å². The van der Waals surface area contributed by atoms with Crippen molar-refractivity contribution in [2.24, 2.45) is 0 Å². The fourth-order valence-electron chi connectivity index (χ4n) is 2.16. The lowest BCUT2D eigenvalue weighted by atomic mass is 10.1. The summed E-state index contributed by atoms with van der Waals surface area (Å²) in [6.07, 6.45) is 0. The molecule has 0 saturated carbocycles. The van der Waals surface area contributed by atoms with Gasteiger partial charge in [-0.3, -0.25) is 9.59 Å². The third kappa shape index (κ3) is 4.32. The lowest BCUT2D eigenvalue weighted by Gasteiger charge is -2.17. The molecule has 0 aliphatic heterocycles. The summed E-state index contributed by atoms with van der Waals surface area (Å²) in [6, 6.07) is 11.8. The predicted molar refractivity (Wildman–Crippen MR) is 92.4 cm³/mol. The number of amides is 2. The van der Waals surface area contributed by atoms with Crippen LogP contribution in [0.1, 0.15) is 11.1 Å². The van der Waals surface area contributed by atoms with E-state index < -0.39 is 11.8 Å². The molecular weight excluding hydrogens is 309 g/mol. The molecule has 6 heteroatoms. The standard InChI is InChI=1S/C18H20FN3O2/c1-12-8-9-13(10-14(12)19)11-20-17(23)18(24)21-15-6-4-5-7-16(15)22(2)3/h4-10H,11H2,1-3H3,(H,20,23)(H,21,24). The van der Waals surface area contributed by atoms with Gasteiger partial charge in [-0.15, -0.1) is 0 Å². The Morgan fingerprint density at radius 1 is 1.08 bits per heavy atom. The van der Waals surface area contributed by atoms with E-state index in [0.29, 0.717) is 16.8 Å². The van der Waals surface area contributed by atoms with Gasteiger partial charge in [0.05, 0.1) is 11.4 Å². The Labute approximate surface area is 140 Å². The molecule has 0 unspecified atom stereocenters. The van der Waals surface area contributed by atoms with Crippen molar-refractivity contribution in [1.82, 2.24) is 5.32 Å². The minimum Gasteiger partial charge on any atom is -0.376 e. The zero-order valence-corrected chi connectivity index (χ0v) is 13.9. The number of carbonyl (C=O) groups is 2. The van der Waals surface area contributed by atoms with E-state index in [4.69, 9.17) is 0 Å². The van der Waals surface area contributed by atoms with Crippen LogP contribution < -0.4 is 15.5 Å². The van der Waals surface area contributed by atoms with Crippen LogP contribution in [0.15, 0.2) is 42.5 Å². The zero-order valence-electron chi connectivity index (χ0n) is 13.9. The van der Waals surface area contributed by atoms with Gasteiger partial charge in [0, 0.05) is 20.6 Å². The van der Waals surface area contributed by atoms with Crippen molar-refractivity contribution in [3.8, 4) is 0 Å². The smallest absolute Gasteiger partial charge is 0.313 e. The minimum atomic E-state index is -0.774. The average molecular weight is 329 g/mol. The summed E-state index contributed by atoms with van der Waals surface area (Å²) >= 11 is 0. The molecule has 0 bridgehead atoms. The first-order chi connectivity index (χ1) is 11.4. The van der Waals surface area contributed by atoms with Crippen molar-refractivity contribution in [2.45, 2.75) is 13.5 Å². The monoisotopic (exact) mass is 329 g/mol. The van der Waals surface area contributed by atoms with E-state index >= 15 is 0 Å². The van der Waals surface area contributed by atoms with Crippen LogP contribution in [0.3, 0.4) is 0 Å². The highest BCUT2D eigenvalue weighted by atomic mass is 19.1. The number of anilines is 2. The van der Waals surface area contributed by atoms with E-state index in [-0.39, 0.29) is 12.4 Å². The quantitative estimate of drug-likeness (QED) is 0.847. The van der Waals surface area contributed by atoms with Gasteiger partial charge in [0.15, 0.2) is 0 Å². The Hall–Kier alpha value is -2.89. The van der Waals surface area contributed by atoms with Crippen LogP contribution in [0.25, 0.3) is 0 Å². The molecule has 126 valence electrons. The Morgan fingerprint density at radius 3 is 2.46 bits per heavy atom. The average Bonchev–Trinajstić information content (AvgIpc) is 2.55. The first-order valence-electron chi connectivity index (χ1n) is 7.49. The number of benzene rings is 2. The van der Waals surface area contributed by atoms with Gasteiger partial charge in [-0.05, 0) is 36.2 Å². The highest BCUT2D eigenvalue weighted by Gasteiger charge is 2.15. The van der Waals surface area contributed by atoms with Crippen molar-refractivity contribution in [2.75, 3.05) is 24.3 Å². The molecule has 2 rings (SSSR count). The number of hydrogen-bond acceptors (Lipinski definition) is 3. The first-order valence-corrected chi connectivity index (χ1v) is 7.49. The van der Waals surface area contributed by atoms with Gasteiger partial charge < -0.3 is 15.5 Å². The second kappa shape index (κ2) is 7.59. The second-order valence-electron chi connectivity index (χ2n) is 5.63. The maximum atomic E-state index is 13.5. The number of nitrogens with one attached hydrogen (secondary N) is 2. The summed E-state index contributed by atoms with van der Waals surface area (Å²) in [4.78, 5) is 25.8. The topological polar surface area (TPSA) is 61.4 Å². The van der Waals surface area contributed by atoms with Crippen LogP contribution in [0, 0.1) is 12.7 Å². The fourth-order valence-corrected chi connectivity index (χ4v) is 2.16. The number of carbonyl (C=O) groups excluding carboxylic acids is 2. The molecular formula is C18H20FN3O2. The van der Waals surface area contributed by atoms with E-state index in [1.807, 2.05) is 31.1 Å². The van der Waals surface area contributed by atoms with Crippen LogP contribution in [0.2, 0.25) is 0 Å². The van der Waals surface area contributed by atoms with Crippen LogP contribution in [0.5, 0.6) is 0 Å². The van der Waals surface area contributed by atoms with Crippen molar-refractivity contribution in [3.63, 3.8) is 0 Å². The van der Waals surface area contributed by atoms with Gasteiger partial charge in [0.2, 0.25) is 0 Å². The van der Waals surface area contributed by atoms with Gasteiger partial charge in [0.25, 0.3) is 0 Å². The van der Waals surface area contributed by atoms with E-state index in [1.54, 1.807) is 31.2 Å². The summed E-state index contributed by atoms with van der Waals surface area (Å²) in [5.41, 5.74) is 2.46. The molecule has 5 nitrogen and oxygen atoms in total. The van der Waals surface area contributed by atoms with E-state index in [1.165, 1.54) is 6.07 Å². The van der Waals surface area contributed by atoms with Crippen molar-refractivity contribution in [3.05, 3.63) is 59.4 Å². The molecule has 2 N–H and O–H groups in total. The molecule has 0 radical (unpaired) electrons. The van der Waals surface area contributed by atoms with Gasteiger partial charge in [-0.25, -0.2) is 4.39 Å². The molecule has 0 fully saturated rings. The lowest BCUT2D eigenvalue weighted by Crippen LogP contribution is -2.35. The largest absolute Gasteiger partial charge is 0.376 e. The van der Waals surface area contributed by atoms with Crippen LogP contribution in [0.4, 0.5) is 15.8 Å². The number of hydrogen-bond donors (Lipinski definition) is 2. The third-order valence-electron chi connectivity index (χ3n) is 3.53. The van der Waals surface area contributed by atoms with Gasteiger partial charge in [0.1, 0.15) is 5.82 Å². The lowest BCUT2D eigenvalue weighted by molar-refractivity contribution is -0.136. The molecule has 0 atom stereocenters. The summed E-state index contributed by atoms with van der Waals surface area (Å²) in [6.45, 7) is 1.74. The summed E-state index contributed by atoms with van der Waals surface area (Å²) in [5, 5.41) is 5.06. The SMILES string of the molecule is Cc1ccc(CNC(=O)C(=O)Nc2ccccc2N(C)C)cc1F. The van der Waals surface area contributed by atoms with E-state index in [9.17, 15) is 14.0 Å². The number of halogens is 1. The molecule has 24 heavy (non-hydrogen) atoms. The molecule has 0 spiro atoms. The molecule has 0 aliphatic carbocycles. The first kappa shape index (κ1) is 17.5. The fraction of sp³-hybridized carbons (Fsp3) is 0.222.